The molecule has 59 heavy (non-hydrogen) atoms. The van der Waals surface area contributed by atoms with E-state index in [0.29, 0.717) is 33.5 Å². The van der Waals surface area contributed by atoms with Crippen molar-refractivity contribution >= 4 is 69.9 Å². The second-order valence-corrected chi connectivity index (χ2v) is 15.9. The van der Waals surface area contributed by atoms with Gasteiger partial charge in [-0.3, -0.25) is 29.6 Å². The van der Waals surface area contributed by atoms with Crippen LogP contribution in [0, 0.1) is 23.7 Å². The Kier molecular flexibility index (Phi) is 10.00. The number of carbonyl (C=O) groups excluding carboxylic acids is 4. The maximum atomic E-state index is 15.5. The highest BCUT2D eigenvalue weighted by Gasteiger charge is 2.70. The number of carbonyl (C=O) groups is 4. The number of aromatic nitrogens is 1. The van der Waals surface area contributed by atoms with Gasteiger partial charge in [-0.25, -0.2) is 4.98 Å². The molecule has 3 aromatic carbocycles. The van der Waals surface area contributed by atoms with Crippen LogP contribution in [0.1, 0.15) is 35.6 Å². The largest absolute Gasteiger partial charge is 0.504 e. The number of hydrogen-bond acceptors (Lipinski definition) is 10. The van der Waals surface area contributed by atoms with Gasteiger partial charge in [0, 0.05) is 18.0 Å². The zero-order chi connectivity index (χ0) is 42.3. The lowest BCUT2D eigenvalue weighted by Crippen LogP contribution is -2.53. The molecule has 306 valence electrons. The molecule has 3 fully saturated rings. The number of nitrogens with one attached hydrogen (secondary N) is 1. The smallest absolute Gasteiger partial charge is 0.433 e. The number of halogens is 6. The van der Waals surface area contributed by atoms with Crippen molar-refractivity contribution in [3.8, 4) is 17.2 Å². The molecule has 4 aliphatic rings. The van der Waals surface area contributed by atoms with Crippen molar-refractivity contribution in [1.29, 1.82) is 0 Å². The minimum absolute atomic E-state index is 0.00866. The normalized spacial score (nSPS) is 25.0. The van der Waals surface area contributed by atoms with Gasteiger partial charge in [-0.1, -0.05) is 64.7 Å². The fraction of sp³-hybridized carbons (Fsp3) is 0.293. The number of allylic oxidation sites excluding steroid dienone is 2. The highest BCUT2D eigenvalue weighted by atomic mass is 35.5. The molecule has 18 heteroatoms. The highest BCUT2D eigenvalue weighted by Crippen LogP contribution is 2.64. The molecule has 4 amide bonds. The molecule has 2 aliphatic carbocycles. The Bertz CT molecular complexity index is 2470. The Morgan fingerprint density at radius 2 is 1.61 bits per heavy atom. The zero-order valence-electron chi connectivity index (χ0n) is 31.3. The third kappa shape index (κ3) is 6.24. The second-order valence-electron chi connectivity index (χ2n) is 14.7. The lowest BCUT2D eigenvalue weighted by Gasteiger charge is -2.50. The summed E-state index contributed by atoms with van der Waals surface area (Å²) in [6.45, 7) is 0. The summed E-state index contributed by atoms with van der Waals surface area (Å²) in [6.07, 6.45) is -3.13. The number of benzene rings is 3. The molecule has 1 saturated carbocycles. The van der Waals surface area contributed by atoms with Gasteiger partial charge in [0.25, 0.3) is 23.6 Å². The van der Waals surface area contributed by atoms with Gasteiger partial charge in [-0.05, 0) is 84.5 Å². The van der Waals surface area contributed by atoms with E-state index in [1.54, 1.807) is 42.5 Å². The van der Waals surface area contributed by atoms with Gasteiger partial charge in [0.15, 0.2) is 17.3 Å². The standard InChI is InChI=1S/C41H33Cl3F3N5O7/c1-50(35-27(43)12-15-32(48-35)41(45,46)47)52-36(54)24-11-10-23-25(33(24)38(52)56)18-26-37(55)51(49-29-13-7-21(42)17-28(29)44)39(57)40(26,20-5-8-22(58-2)9-6-20)34(23)19-4-14-30(53)31(16-19)59-3/h4-10,12-17,24-26,33-34,49,53H,11,18H2,1-3H3/t24-,25+,26-,33-,34-,40+/m0/s1. The van der Waals surface area contributed by atoms with Crippen molar-refractivity contribution in [3.05, 3.63) is 116 Å². The number of pyridine rings is 1. The van der Waals surface area contributed by atoms with Crippen LogP contribution in [0.25, 0.3) is 0 Å². The van der Waals surface area contributed by atoms with Gasteiger partial charge in [0.2, 0.25) is 0 Å². The molecule has 4 aromatic rings. The molecule has 0 unspecified atom stereocenters. The van der Waals surface area contributed by atoms with Gasteiger partial charge in [-0.15, -0.1) is 0 Å². The van der Waals surface area contributed by atoms with Crippen LogP contribution in [-0.4, -0.2) is 65.0 Å². The molecule has 6 atom stereocenters. The Balaban J connectivity index is 1.30. The number of nitrogens with zero attached hydrogens (tertiary/aromatic N) is 4. The van der Waals surface area contributed by atoms with Crippen LogP contribution in [0.2, 0.25) is 15.1 Å². The van der Waals surface area contributed by atoms with Crippen molar-refractivity contribution in [3.63, 3.8) is 0 Å². The summed E-state index contributed by atoms with van der Waals surface area (Å²) < 4.78 is 52.1. The van der Waals surface area contributed by atoms with Crippen molar-refractivity contribution in [2.24, 2.45) is 23.7 Å². The number of imide groups is 2. The van der Waals surface area contributed by atoms with E-state index in [2.05, 4.69) is 10.4 Å². The molecule has 8 rings (SSSR count). The fourth-order valence-electron chi connectivity index (χ4n) is 9.28. The summed E-state index contributed by atoms with van der Waals surface area (Å²) in [4.78, 5) is 63.0. The maximum Gasteiger partial charge on any atom is 0.433 e. The molecule has 2 N–H and O–H groups in total. The Labute approximate surface area is 350 Å². The van der Waals surface area contributed by atoms with Gasteiger partial charge >= 0.3 is 6.18 Å². The van der Waals surface area contributed by atoms with Gasteiger partial charge < -0.3 is 14.6 Å². The van der Waals surface area contributed by atoms with E-state index < -0.39 is 76.3 Å². The Hall–Kier alpha value is -5.51. The quantitative estimate of drug-likeness (QED) is 0.133. The van der Waals surface area contributed by atoms with Crippen molar-refractivity contribution < 1.29 is 46.9 Å². The first-order valence-corrected chi connectivity index (χ1v) is 19.3. The molecule has 1 aromatic heterocycles. The summed E-state index contributed by atoms with van der Waals surface area (Å²) in [5.41, 5.74) is 1.60. The second kappa shape index (κ2) is 14.6. The molecule has 12 nitrogen and oxygen atoms in total. The third-order valence-electron chi connectivity index (χ3n) is 11.8. The molecular weight excluding hydrogens is 838 g/mol. The first-order valence-electron chi connectivity index (χ1n) is 18.2. The number of phenolic OH excluding ortho intramolecular Hbond substituents is 1. The van der Waals surface area contributed by atoms with Gasteiger partial charge in [0.1, 0.15) is 11.4 Å². The van der Waals surface area contributed by atoms with E-state index in [-0.39, 0.29) is 40.1 Å². The zero-order valence-corrected chi connectivity index (χ0v) is 33.5. The van der Waals surface area contributed by atoms with Crippen molar-refractivity contribution in [1.82, 2.24) is 15.0 Å². The third-order valence-corrected chi connectivity index (χ3v) is 12.7. The summed E-state index contributed by atoms with van der Waals surface area (Å²) in [5.74, 6) is -7.97. The topological polar surface area (TPSA) is 142 Å². The van der Waals surface area contributed by atoms with Crippen molar-refractivity contribution in [2.45, 2.75) is 30.4 Å². The number of alkyl halides is 3. The van der Waals surface area contributed by atoms with Crippen LogP contribution in [0.4, 0.5) is 24.7 Å². The van der Waals surface area contributed by atoms with Crippen molar-refractivity contribution in [2.75, 3.05) is 31.7 Å². The number of rotatable bonds is 8. The van der Waals surface area contributed by atoms with Crippen LogP contribution in [0.5, 0.6) is 17.2 Å². The van der Waals surface area contributed by atoms with Crippen LogP contribution < -0.4 is 19.9 Å². The van der Waals surface area contributed by atoms with E-state index >= 15 is 4.79 Å². The molecule has 0 spiro atoms. The predicted octanol–water partition coefficient (Wildman–Crippen LogP) is 7.82. The van der Waals surface area contributed by atoms with E-state index in [9.17, 15) is 32.7 Å². The molecule has 2 aliphatic heterocycles. The molecule has 3 heterocycles. The number of aromatic hydroxyl groups is 1. The summed E-state index contributed by atoms with van der Waals surface area (Å²) in [7, 11) is 4.07. The van der Waals surface area contributed by atoms with Crippen LogP contribution in [0.3, 0.4) is 0 Å². The SMILES string of the molecule is COc1ccc([C@@]23C(=O)N(Nc4ccc(Cl)cc4Cl)C(=O)[C@@H]2C[C@@H]2C(=CC[C@@H]4C(=O)N(N(C)c5nc(C(F)(F)F)ccc5Cl)C(=O)[C@@H]42)[C@@H]3c2ccc(O)c(OC)c2)cc1. The van der Waals surface area contributed by atoms with Gasteiger partial charge in [0.05, 0.1) is 53.1 Å². The number of fused-ring (bicyclic) bond motifs is 4. The van der Waals surface area contributed by atoms with E-state index in [4.69, 9.17) is 44.3 Å². The molecule has 0 radical (unpaired) electrons. The van der Waals surface area contributed by atoms with E-state index in [1.165, 1.54) is 45.5 Å². The predicted molar refractivity (Wildman–Crippen MR) is 210 cm³/mol. The summed E-state index contributed by atoms with van der Waals surface area (Å²) in [6, 6.07) is 17.5. The first kappa shape index (κ1) is 40.3. The number of phenols is 1. The fourth-order valence-corrected chi connectivity index (χ4v) is 9.96. The number of amides is 4. The Morgan fingerprint density at radius 3 is 2.27 bits per heavy atom. The van der Waals surface area contributed by atoms with Crippen LogP contribution >= 0.6 is 34.8 Å². The monoisotopic (exact) mass is 869 g/mol. The average Bonchev–Trinajstić information content (AvgIpc) is 3.59. The van der Waals surface area contributed by atoms with E-state index in [0.717, 1.165) is 21.1 Å². The number of anilines is 2. The molecule has 0 bridgehead atoms. The average molecular weight is 871 g/mol. The maximum absolute atomic E-state index is 15.5. The first-order chi connectivity index (χ1) is 28.0. The molecular formula is C41H33Cl3F3N5O7. The lowest BCUT2D eigenvalue weighted by atomic mass is 9.49. The van der Waals surface area contributed by atoms with Gasteiger partial charge in [-0.2, -0.15) is 23.2 Å². The summed E-state index contributed by atoms with van der Waals surface area (Å²) in [5, 5.41) is 13.5. The minimum Gasteiger partial charge on any atom is -0.504 e. The summed E-state index contributed by atoms with van der Waals surface area (Å²) >= 11 is 19.0. The number of hydrazine groups is 2. The lowest BCUT2D eigenvalue weighted by molar-refractivity contribution is -0.142. The van der Waals surface area contributed by atoms with Crippen LogP contribution in [0.15, 0.2) is 84.4 Å². The number of hydrogen-bond donors (Lipinski definition) is 2. The van der Waals surface area contributed by atoms with E-state index in [1.807, 2.05) is 0 Å². The van der Waals surface area contributed by atoms with Crippen LogP contribution in [-0.2, 0) is 30.8 Å². The molecule has 2 saturated heterocycles. The Morgan fingerprint density at radius 1 is 0.881 bits per heavy atom. The highest BCUT2D eigenvalue weighted by molar-refractivity contribution is 6.36. The minimum atomic E-state index is -4.84. The number of ether oxygens (including phenoxy) is 2. The number of methoxy groups -OCH3 is 2.